The molecular weight excluding hydrogens is 238 g/mol. The van der Waals surface area contributed by atoms with Crippen LogP contribution in [0.1, 0.15) is 55.8 Å². The maximum atomic E-state index is 12.3. The molecule has 0 saturated heterocycles. The molecular formula is C15H23N3O. The highest BCUT2D eigenvalue weighted by molar-refractivity contribution is 5.99. The summed E-state index contributed by atoms with van der Waals surface area (Å²) in [6, 6.07) is 1.94. The quantitative estimate of drug-likeness (QED) is 0.875. The number of amides is 1. The first kappa shape index (κ1) is 13.8. The number of pyridine rings is 1. The lowest BCUT2D eigenvalue weighted by Gasteiger charge is -2.30. The van der Waals surface area contributed by atoms with Crippen molar-refractivity contribution in [1.29, 1.82) is 0 Å². The van der Waals surface area contributed by atoms with Gasteiger partial charge in [0.2, 0.25) is 0 Å². The van der Waals surface area contributed by atoms with E-state index in [1.807, 2.05) is 0 Å². The minimum Gasteiger partial charge on any atom is -0.397 e. The third-order valence-corrected chi connectivity index (χ3v) is 4.07. The highest BCUT2D eigenvalue weighted by Crippen LogP contribution is 2.28. The molecule has 1 unspecified atom stereocenters. The van der Waals surface area contributed by atoms with Crippen molar-refractivity contribution in [2.75, 3.05) is 5.73 Å². The first-order valence-corrected chi connectivity index (χ1v) is 7.22. The normalized spacial score (nSPS) is 17.9. The number of nitrogens with zero attached hydrogens (tertiary/aromatic N) is 1. The van der Waals surface area contributed by atoms with Crippen LogP contribution in [0.4, 0.5) is 5.69 Å². The number of carbonyl (C=O) groups excluding carboxylic acids is 1. The van der Waals surface area contributed by atoms with Gasteiger partial charge in [0, 0.05) is 12.2 Å². The maximum absolute atomic E-state index is 12.3. The summed E-state index contributed by atoms with van der Waals surface area (Å²) in [6.07, 6.45) is 10.5. The van der Waals surface area contributed by atoms with Gasteiger partial charge >= 0.3 is 0 Å². The largest absolute Gasteiger partial charge is 0.397 e. The van der Waals surface area contributed by atoms with Crippen LogP contribution in [-0.4, -0.2) is 16.9 Å². The highest BCUT2D eigenvalue weighted by Gasteiger charge is 2.24. The molecule has 0 bridgehead atoms. The number of nitrogens with two attached hydrogens (primary N) is 1. The van der Waals surface area contributed by atoms with E-state index < -0.39 is 0 Å². The standard InChI is InChI=1S/C15H23N3O/c1-2-14(11-6-4-3-5-7-11)18-15(19)12-8-9-17-10-13(12)16/h8-11,14H,2-7,16H2,1H3,(H,18,19). The smallest absolute Gasteiger partial charge is 0.253 e. The third-order valence-electron chi connectivity index (χ3n) is 4.07. The minimum atomic E-state index is -0.0719. The maximum Gasteiger partial charge on any atom is 0.253 e. The van der Waals surface area contributed by atoms with Gasteiger partial charge in [0.1, 0.15) is 0 Å². The van der Waals surface area contributed by atoms with E-state index in [0.717, 1.165) is 6.42 Å². The van der Waals surface area contributed by atoms with E-state index in [-0.39, 0.29) is 11.9 Å². The SMILES string of the molecule is CCC(NC(=O)c1ccncc1N)C1CCCCC1. The van der Waals surface area contributed by atoms with E-state index in [0.29, 0.717) is 17.2 Å². The molecule has 3 N–H and O–H groups in total. The molecule has 1 heterocycles. The van der Waals surface area contributed by atoms with Crippen molar-refractivity contribution in [2.45, 2.75) is 51.5 Å². The van der Waals surface area contributed by atoms with E-state index in [4.69, 9.17) is 5.73 Å². The van der Waals surface area contributed by atoms with E-state index >= 15 is 0 Å². The lowest BCUT2D eigenvalue weighted by Crippen LogP contribution is -2.40. The fourth-order valence-electron chi connectivity index (χ4n) is 2.95. The Morgan fingerprint density at radius 3 is 2.84 bits per heavy atom. The van der Waals surface area contributed by atoms with E-state index in [1.165, 1.54) is 38.3 Å². The topological polar surface area (TPSA) is 68.0 Å². The average Bonchev–Trinajstić information content (AvgIpc) is 2.46. The number of hydrogen-bond acceptors (Lipinski definition) is 3. The van der Waals surface area contributed by atoms with Crippen LogP contribution in [0.5, 0.6) is 0 Å². The molecule has 0 radical (unpaired) electrons. The van der Waals surface area contributed by atoms with Crippen molar-refractivity contribution in [3.05, 3.63) is 24.0 Å². The molecule has 1 aliphatic carbocycles. The van der Waals surface area contributed by atoms with Gasteiger partial charge in [-0.2, -0.15) is 0 Å². The second-order valence-electron chi connectivity index (χ2n) is 5.35. The lowest BCUT2D eigenvalue weighted by molar-refractivity contribution is 0.0912. The Morgan fingerprint density at radius 2 is 2.21 bits per heavy atom. The van der Waals surface area contributed by atoms with Crippen LogP contribution < -0.4 is 11.1 Å². The van der Waals surface area contributed by atoms with Crippen molar-refractivity contribution in [2.24, 2.45) is 5.92 Å². The summed E-state index contributed by atoms with van der Waals surface area (Å²) in [7, 11) is 0. The summed E-state index contributed by atoms with van der Waals surface area (Å²) >= 11 is 0. The molecule has 0 aliphatic heterocycles. The number of carbonyl (C=O) groups is 1. The first-order valence-electron chi connectivity index (χ1n) is 7.22. The Labute approximate surface area is 114 Å². The summed E-state index contributed by atoms with van der Waals surface area (Å²) in [4.78, 5) is 16.2. The van der Waals surface area contributed by atoms with E-state index in [9.17, 15) is 4.79 Å². The van der Waals surface area contributed by atoms with Crippen LogP contribution in [0.3, 0.4) is 0 Å². The average molecular weight is 261 g/mol. The summed E-state index contributed by atoms with van der Waals surface area (Å²) in [5, 5.41) is 3.15. The van der Waals surface area contributed by atoms with E-state index in [1.54, 1.807) is 12.3 Å². The molecule has 2 rings (SSSR count). The zero-order valence-electron chi connectivity index (χ0n) is 11.6. The molecule has 1 aromatic rings. The molecule has 1 aromatic heterocycles. The summed E-state index contributed by atoms with van der Waals surface area (Å²) in [5.41, 5.74) is 6.77. The van der Waals surface area contributed by atoms with Gasteiger partial charge in [0.05, 0.1) is 17.4 Å². The van der Waals surface area contributed by atoms with Crippen molar-refractivity contribution >= 4 is 11.6 Å². The number of rotatable bonds is 4. The Hall–Kier alpha value is -1.58. The molecule has 0 spiro atoms. The number of nitrogen functional groups attached to an aromatic ring is 1. The van der Waals surface area contributed by atoms with Crippen LogP contribution in [0.2, 0.25) is 0 Å². The van der Waals surface area contributed by atoms with Crippen LogP contribution >= 0.6 is 0 Å². The van der Waals surface area contributed by atoms with Gasteiger partial charge in [-0.1, -0.05) is 26.2 Å². The second-order valence-corrected chi connectivity index (χ2v) is 5.35. The molecule has 1 atom stereocenters. The zero-order chi connectivity index (χ0) is 13.7. The molecule has 1 saturated carbocycles. The Bertz CT molecular complexity index is 427. The second kappa shape index (κ2) is 6.55. The molecule has 1 fully saturated rings. The molecule has 4 heteroatoms. The van der Waals surface area contributed by atoms with Crippen molar-refractivity contribution in [3.8, 4) is 0 Å². The third kappa shape index (κ3) is 3.46. The van der Waals surface area contributed by atoms with Gasteiger partial charge in [-0.3, -0.25) is 9.78 Å². The van der Waals surface area contributed by atoms with E-state index in [2.05, 4.69) is 17.2 Å². The molecule has 4 nitrogen and oxygen atoms in total. The number of hydrogen-bond donors (Lipinski definition) is 2. The Morgan fingerprint density at radius 1 is 1.47 bits per heavy atom. The number of anilines is 1. The summed E-state index contributed by atoms with van der Waals surface area (Å²) < 4.78 is 0. The van der Waals surface area contributed by atoms with Gasteiger partial charge < -0.3 is 11.1 Å². The molecule has 1 aliphatic rings. The summed E-state index contributed by atoms with van der Waals surface area (Å²) in [5.74, 6) is 0.545. The van der Waals surface area contributed by atoms with Gasteiger partial charge in [-0.05, 0) is 31.2 Å². The monoisotopic (exact) mass is 261 g/mol. The van der Waals surface area contributed by atoms with Crippen molar-refractivity contribution < 1.29 is 4.79 Å². The highest BCUT2D eigenvalue weighted by atomic mass is 16.1. The van der Waals surface area contributed by atoms with Crippen molar-refractivity contribution in [1.82, 2.24) is 10.3 Å². The van der Waals surface area contributed by atoms with Gasteiger partial charge in [-0.25, -0.2) is 0 Å². The van der Waals surface area contributed by atoms with Gasteiger partial charge in [0.25, 0.3) is 5.91 Å². The fourth-order valence-corrected chi connectivity index (χ4v) is 2.95. The fraction of sp³-hybridized carbons (Fsp3) is 0.600. The van der Waals surface area contributed by atoms with Gasteiger partial charge in [-0.15, -0.1) is 0 Å². The minimum absolute atomic E-state index is 0.0719. The molecule has 1 amide bonds. The Kier molecular flexibility index (Phi) is 4.77. The van der Waals surface area contributed by atoms with Crippen molar-refractivity contribution in [3.63, 3.8) is 0 Å². The van der Waals surface area contributed by atoms with Gasteiger partial charge in [0.15, 0.2) is 0 Å². The molecule has 19 heavy (non-hydrogen) atoms. The molecule has 0 aromatic carbocycles. The van der Waals surface area contributed by atoms with Crippen LogP contribution in [-0.2, 0) is 0 Å². The Balaban J connectivity index is 2.01. The lowest BCUT2D eigenvalue weighted by atomic mass is 9.83. The van der Waals surface area contributed by atoms with Crippen LogP contribution in [0.25, 0.3) is 0 Å². The first-order chi connectivity index (χ1) is 9.22. The number of nitrogens with one attached hydrogen (secondary N) is 1. The molecule has 104 valence electrons. The predicted octanol–water partition coefficient (Wildman–Crippen LogP) is 2.75. The zero-order valence-corrected chi connectivity index (χ0v) is 11.6. The van der Waals surface area contributed by atoms with Crippen LogP contribution in [0, 0.1) is 5.92 Å². The number of aromatic nitrogens is 1. The summed E-state index contributed by atoms with van der Waals surface area (Å²) in [6.45, 7) is 2.13. The van der Waals surface area contributed by atoms with Crippen LogP contribution in [0.15, 0.2) is 18.5 Å². The predicted molar refractivity (Wildman–Crippen MR) is 76.8 cm³/mol.